The number of thiophene rings is 1. The summed E-state index contributed by atoms with van der Waals surface area (Å²) in [5, 5.41) is 0. The van der Waals surface area contributed by atoms with Crippen LogP contribution in [0.5, 0.6) is 0 Å². The number of nitrogens with zero attached hydrogens (tertiary/aromatic N) is 1. The average Bonchev–Trinajstić information content (AvgIpc) is 2.68. The second kappa shape index (κ2) is 5.67. The summed E-state index contributed by atoms with van der Waals surface area (Å²) in [4.78, 5) is 1.03. The lowest BCUT2D eigenvalue weighted by atomic mass is 10.3. The van der Waals surface area contributed by atoms with Crippen molar-refractivity contribution in [3.8, 4) is 0 Å². The molecule has 0 saturated heterocycles. The van der Waals surface area contributed by atoms with E-state index in [2.05, 4.69) is 31.9 Å². The molecule has 2 aromatic rings. The molecular weight excluding hydrogens is 428 g/mol. The molecule has 1 heterocycles. The summed E-state index contributed by atoms with van der Waals surface area (Å²) in [6.07, 6.45) is 0. The maximum atomic E-state index is 12.6. The third kappa shape index (κ3) is 2.88. The molecule has 0 unspecified atom stereocenters. The van der Waals surface area contributed by atoms with Crippen molar-refractivity contribution in [3.63, 3.8) is 0 Å². The highest BCUT2D eigenvalue weighted by Crippen LogP contribution is 2.35. The summed E-state index contributed by atoms with van der Waals surface area (Å²) in [7, 11) is -2.12. The van der Waals surface area contributed by atoms with E-state index in [1.807, 2.05) is 0 Å². The van der Waals surface area contributed by atoms with E-state index in [0.29, 0.717) is 16.3 Å². The molecule has 2 N–H and O–H groups in total. The Labute approximate surface area is 138 Å². The van der Waals surface area contributed by atoms with Gasteiger partial charge in [-0.1, -0.05) is 15.9 Å². The molecule has 0 fully saturated rings. The number of halogens is 2. The standard InChI is InChI=1S/C12H12Br2N2O2S2/c1-7-11(6-12(14)19-7)20(17,18)16(2)10-4-3-8(13)5-9(10)15/h3-6H,15H2,1-2H3. The van der Waals surface area contributed by atoms with Crippen molar-refractivity contribution in [2.75, 3.05) is 17.1 Å². The molecule has 1 aromatic heterocycles. The van der Waals surface area contributed by atoms with Crippen molar-refractivity contribution in [3.05, 3.63) is 37.4 Å². The zero-order valence-corrected chi connectivity index (χ0v) is 15.5. The number of hydrogen-bond donors (Lipinski definition) is 1. The molecule has 2 rings (SSSR count). The molecule has 0 spiro atoms. The quantitative estimate of drug-likeness (QED) is 0.735. The summed E-state index contributed by atoms with van der Waals surface area (Å²) in [5.74, 6) is 0. The van der Waals surface area contributed by atoms with Crippen LogP contribution < -0.4 is 10.0 Å². The lowest BCUT2D eigenvalue weighted by Gasteiger charge is -2.21. The van der Waals surface area contributed by atoms with Crippen LogP contribution >= 0.6 is 43.2 Å². The third-order valence-corrected chi connectivity index (χ3v) is 6.88. The number of rotatable bonds is 3. The first kappa shape index (κ1) is 15.8. The molecule has 20 heavy (non-hydrogen) atoms. The number of benzene rings is 1. The van der Waals surface area contributed by atoms with E-state index in [1.165, 1.54) is 22.7 Å². The molecule has 0 saturated carbocycles. The topological polar surface area (TPSA) is 63.4 Å². The fraction of sp³-hybridized carbons (Fsp3) is 0.167. The first-order chi connectivity index (χ1) is 9.23. The molecule has 0 aliphatic heterocycles. The van der Waals surface area contributed by atoms with Crippen LogP contribution in [0, 0.1) is 6.92 Å². The molecule has 108 valence electrons. The molecule has 4 nitrogen and oxygen atoms in total. The van der Waals surface area contributed by atoms with Gasteiger partial charge in [0.2, 0.25) is 0 Å². The molecule has 0 aliphatic carbocycles. The molecule has 0 bridgehead atoms. The lowest BCUT2D eigenvalue weighted by molar-refractivity contribution is 0.594. The van der Waals surface area contributed by atoms with Gasteiger partial charge < -0.3 is 5.73 Å². The van der Waals surface area contributed by atoms with Crippen LogP contribution in [0.2, 0.25) is 0 Å². The van der Waals surface area contributed by atoms with Gasteiger partial charge >= 0.3 is 0 Å². The van der Waals surface area contributed by atoms with E-state index < -0.39 is 10.0 Å². The minimum atomic E-state index is -3.62. The highest BCUT2D eigenvalue weighted by Gasteiger charge is 2.26. The fourth-order valence-electron chi connectivity index (χ4n) is 1.78. The molecule has 0 atom stereocenters. The first-order valence-electron chi connectivity index (χ1n) is 5.53. The summed E-state index contributed by atoms with van der Waals surface area (Å²) in [6.45, 7) is 1.78. The number of anilines is 2. The maximum Gasteiger partial charge on any atom is 0.265 e. The van der Waals surface area contributed by atoms with Crippen LogP contribution in [0.25, 0.3) is 0 Å². The number of hydrogen-bond acceptors (Lipinski definition) is 4. The van der Waals surface area contributed by atoms with Crippen molar-refractivity contribution in [1.29, 1.82) is 0 Å². The van der Waals surface area contributed by atoms with E-state index in [9.17, 15) is 8.42 Å². The van der Waals surface area contributed by atoms with Gasteiger partial charge in [-0.15, -0.1) is 11.3 Å². The molecule has 0 radical (unpaired) electrons. The van der Waals surface area contributed by atoms with Crippen molar-refractivity contribution in [2.24, 2.45) is 0 Å². The van der Waals surface area contributed by atoms with Gasteiger partial charge in [0.05, 0.1) is 15.2 Å². The van der Waals surface area contributed by atoms with Gasteiger partial charge in [0.25, 0.3) is 10.0 Å². The van der Waals surface area contributed by atoms with Crippen molar-refractivity contribution < 1.29 is 8.42 Å². The van der Waals surface area contributed by atoms with Crippen LogP contribution in [-0.4, -0.2) is 15.5 Å². The van der Waals surface area contributed by atoms with E-state index >= 15 is 0 Å². The van der Waals surface area contributed by atoms with Gasteiger partial charge in [-0.05, 0) is 47.1 Å². The molecule has 8 heteroatoms. The van der Waals surface area contributed by atoms with Crippen molar-refractivity contribution in [1.82, 2.24) is 0 Å². The normalized spacial score (nSPS) is 11.6. The van der Waals surface area contributed by atoms with Gasteiger partial charge in [-0.25, -0.2) is 8.42 Å². The van der Waals surface area contributed by atoms with Crippen LogP contribution in [0.3, 0.4) is 0 Å². The van der Waals surface area contributed by atoms with Gasteiger partial charge in [0.15, 0.2) is 0 Å². The van der Waals surface area contributed by atoms with Crippen LogP contribution in [0.4, 0.5) is 11.4 Å². The average molecular weight is 440 g/mol. The Morgan fingerprint density at radius 1 is 1.25 bits per heavy atom. The zero-order chi connectivity index (χ0) is 15.1. The highest BCUT2D eigenvalue weighted by molar-refractivity contribution is 9.11. The smallest absolute Gasteiger partial charge is 0.265 e. The number of aryl methyl sites for hydroxylation is 1. The Bertz CT molecular complexity index is 757. The summed E-state index contributed by atoms with van der Waals surface area (Å²) >= 11 is 8.00. The predicted octanol–water partition coefficient (Wildman–Crippen LogP) is 3.99. The Balaban J connectivity index is 2.51. The molecule has 0 aliphatic rings. The van der Waals surface area contributed by atoms with E-state index in [1.54, 1.807) is 31.2 Å². The van der Waals surface area contributed by atoms with Crippen molar-refractivity contribution in [2.45, 2.75) is 11.8 Å². The minimum absolute atomic E-state index is 0.291. The van der Waals surface area contributed by atoms with E-state index in [0.717, 1.165) is 13.1 Å². The largest absolute Gasteiger partial charge is 0.397 e. The van der Waals surface area contributed by atoms with Gasteiger partial charge in [0.1, 0.15) is 4.90 Å². The third-order valence-electron chi connectivity index (χ3n) is 2.81. The number of nitrogens with two attached hydrogens (primary N) is 1. The highest BCUT2D eigenvalue weighted by atomic mass is 79.9. The summed E-state index contributed by atoms with van der Waals surface area (Å²) in [6, 6.07) is 6.72. The number of sulfonamides is 1. The molecule has 1 aromatic carbocycles. The fourth-order valence-corrected chi connectivity index (χ4v) is 5.76. The van der Waals surface area contributed by atoms with Crippen molar-refractivity contribution >= 4 is 64.6 Å². The minimum Gasteiger partial charge on any atom is -0.397 e. The zero-order valence-electron chi connectivity index (χ0n) is 10.7. The van der Waals surface area contributed by atoms with Gasteiger partial charge in [0, 0.05) is 16.4 Å². The second-order valence-electron chi connectivity index (χ2n) is 4.15. The molecular formula is C12H12Br2N2O2S2. The molecule has 0 amide bonds. The van der Waals surface area contributed by atoms with Gasteiger partial charge in [-0.2, -0.15) is 0 Å². The maximum absolute atomic E-state index is 12.6. The predicted molar refractivity (Wildman–Crippen MR) is 90.9 cm³/mol. The Hall–Kier alpha value is -0.570. The monoisotopic (exact) mass is 438 g/mol. The first-order valence-corrected chi connectivity index (χ1v) is 9.37. The lowest BCUT2D eigenvalue weighted by Crippen LogP contribution is -2.27. The van der Waals surface area contributed by atoms with E-state index in [4.69, 9.17) is 5.73 Å². The second-order valence-corrected chi connectivity index (χ2v) is 9.64. The van der Waals surface area contributed by atoms with E-state index in [-0.39, 0.29) is 0 Å². The number of nitrogen functional groups attached to an aromatic ring is 1. The van der Waals surface area contributed by atoms with Crippen LogP contribution in [0.1, 0.15) is 4.88 Å². The van der Waals surface area contributed by atoms with Crippen LogP contribution in [0.15, 0.2) is 37.4 Å². The van der Waals surface area contributed by atoms with Crippen LogP contribution in [-0.2, 0) is 10.0 Å². The SMILES string of the molecule is Cc1sc(Br)cc1S(=O)(=O)N(C)c1ccc(Br)cc1N. The Morgan fingerprint density at radius 3 is 2.40 bits per heavy atom. The Kier molecular flexibility index (Phi) is 4.48. The Morgan fingerprint density at radius 2 is 1.90 bits per heavy atom. The summed E-state index contributed by atoms with van der Waals surface area (Å²) in [5.41, 5.74) is 6.75. The summed E-state index contributed by atoms with van der Waals surface area (Å²) < 4.78 is 28.1. The van der Waals surface area contributed by atoms with Gasteiger partial charge in [-0.3, -0.25) is 4.31 Å².